The van der Waals surface area contributed by atoms with Gasteiger partial charge in [0.25, 0.3) is 5.91 Å². The quantitative estimate of drug-likeness (QED) is 0.501. The highest BCUT2D eigenvalue weighted by Crippen LogP contribution is 2.38. The molecule has 2 aliphatic heterocycles. The van der Waals surface area contributed by atoms with Crippen LogP contribution in [0.4, 0.5) is 0 Å². The second-order valence-corrected chi connectivity index (χ2v) is 7.22. The molecule has 1 atom stereocenters. The number of nitrogens with one attached hydrogen (secondary N) is 2. The fourth-order valence-corrected chi connectivity index (χ4v) is 3.64. The molecule has 3 rings (SSSR count). The number of amides is 2. The number of nitrogens with two attached hydrogens (primary N) is 1. The van der Waals surface area contributed by atoms with E-state index in [-0.39, 0.29) is 17.9 Å². The lowest BCUT2D eigenvalue weighted by Gasteiger charge is -2.25. The molecule has 2 heterocycles. The molecule has 0 aromatic heterocycles. The van der Waals surface area contributed by atoms with Gasteiger partial charge in [0, 0.05) is 44.3 Å². The van der Waals surface area contributed by atoms with Gasteiger partial charge in [0.05, 0.1) is 13.2 Å². The van der Waals surface area contributed by atoms with E-state index < -0.39 is 5.91 Å². The van der Waals surface area contributed by atoms with Crippen molar-refractivity contribution >= 4 is 17.8 Å². The number of carbonyl (C=O) groups is 2. The zero-order valence-electron chi connectivity index (χ0n) is 15.7. The molecule has 0 radical (unpaired) electrons. The molecule has 2 saturated heterocycles. The summed E-state index contributed by atoms with van der Waals surface area (Å²) in [5.74, 6) is 0.00994. The predicted octanol–water partition coefficient (Wildman–Crippen LogP) is 0.0895. The first-order valence-electron chi connectivity index (χ1n) is 9.20. The summed E-state index contributed by atoms with van der Waals surface area (Å²) in [7, 11) is 1.80. The van der Waals surface area contributed by atoms with Crippen molar-refractivity contribution in [2.45, 2.75) is 19.4 Å². The Bertz CT molecular complexity index is 711. The second kappa shape index (κ2) is 8.39. The standard InChI is InChI=1S/C19H27N5O3/c1-21-18(24-8-6-19(12-24)7-9-27-13-19)23-10-14-2-4-15(5-3-14)17(26)22-11-16(20)25/h2-5H,6-13H2,1H3,(H2,20,25)(H,21,23)(H,22,26). The predicted molar refractivity (Wildman–Crippen MR) is 102 cm³/mol. The molecule has 2 amide bonds. The van der Waals surface area contributed by atoms with Gasteiger partial charge in [-0.2, -0.15) is 0 Å². The van der Waals surface area contributed by atoms with E-state index in [0.717, 1.165) is 50.7 Å². The van der Waals surface area contributed by atoms with Crippen LogP contribution >= 0.6 is 0 Å². The van der Waals surface area contributed by atoms with E-state index in [1.807, 2.05) is 12.1 Å². The highest BCUT2D eigenvalue weighted by atomic mass is 16.5. The van der Waals surface area contributed by atoms with Gasteiger partial charge in [-0.1, -0.05) is 12.1 Å². The molecule has 1 aromatic carbocycles. The minimum Gasteiger partial charge on any atom is -0.381 e. The summed E-state index contributed by atoms with van der Waals surface area (Å²) in [6.45, 7) is 4.13. The summed E-state index contributed by atoms with van der Waals surface area (Å²) in [5, 5.41) is 5.87. The Morgan fingerprint density at radius 3 is 2.67 bits per heavy atom. The third-order valence-corrected chi connectivity index (χ3v) is 5.22. The first-order chi connectivity index (χ1) is 13.0. The summed E-state index contributed by atoms with van der Waals surface area (Å²) in [5.41, 5.74) is 6.85. The van der Waals surface area contributed by atoms with Crippen molar-refractivity contribution in [2.24, 2.45) is 16.1 Å². The Balaban J connectivity index is 1.51. The number of ether oxygens (including phenoxy) is 1. The van der Waals surface area contributed by atoms with Crippen LogP contribution in [0.25, 0.3) is 0 Å². The summed E-state index contributed by atoms with van der Waals surface area (Å²) >= 11 is 0. The van der Waals surface area contributed by atoms with Crippen molar-refractivity contribution in [2.75, 3.05) is 39.9 Å². The molecule has 2 fully saturated rings. The number of aliphatic imine (C=N–C) groups is 1. The number of likely N-dealkylation sites (tertiary alicyclic amines) is 1. The summed E-state index contributed by atoms with van der Waals surface area (Å²) in [4.78, 5) is 29.3. The topological polar surface area (TPSA) is 109 Å². The summed E-state index contributed by atoms with van der Waals surface area (Å²) < 4.78 is 5.59. The van der Waals surface area contributed by atoms with Gasteiger partial charge in [0.2, 0.25) is 5.91 Å². The molecule has 8 nitrogen and oxygen atoms in total. The molecule has 1 unspecified atom stereocenters. The molecule has 8 heteroatoms. The maximum atomic E-state index is 11.9. The van der Waals surface area contributed by atoms with Crippen LogP contribution in [0, 0.1) is 5.41 Å². The molecule has 1 spiro atoms. The van der Waals surface area contributed by atoms with Crippen LogP contribution in [0.15, 0.2) is 29.3 Å². The average Bonchev–Trinajstić information content (AvgIpc) is 3.31. The van der Waals surface area contributed by atoms with Crippen molar-refractivity contribution in [3.8, 4) is 0 Å². The molecule has 146 valence electrons. The van der Waals surface area contributed by atoms with E-state index >= 15 is 0 Å². The van der Waals surface area contributed by atoms with Gasteiger partial charge < -0.3 is 26.0 Å². The number of benzene rings is 1. The minimum absolute atomic E-state index is 0.166. The summed E-state index contributed by atoms with van der Waals surface area (Å²) in [6.07, 6.45) is 2.27. The van der Waals surface area contributed by atoms with Gasteiger partial charge in [0.1, 0.15) is 0 Å². The smallest absolute Gasteiger partial charge is 0.251 e. The van der Waals surface area contributed by atoms with Gasteiger partial charge in [-0.3, -0.25) is 14.6 Å². The molecule has 0 aliphatic carbocycles. The largest absolute Gasteiger partial charge is 0.381 e. The Kier molecular flexibility index (Phi) is 5.95. The minimum atomic E-state index is -0.566. The van der Waals surface area contributed by atoms with Crippen LogP contribution in [-0.4, -0.2) is 62.6 Å². The number of rotatable bonds is 5. The number of carbonyl (C=O) groups excluding carboxylic acids is 2. The Morgan fingerprint density at radius 2 is 2.04 bits per heavy atom. The van der Waals surface area contributed by atoms with Crippen LogP contribution in [0.3, 0.4) is 0 Å². The van der Waals surface area contributed by atoms with E-state index in [2.05, 4.69) is 20.5 Å². The Morgan fingerprint density at radius 1 is 1.26 bits per heavy atom. The fraction of sp³-hybridized carbons (Fsp3) is 0.526. The first-order valence-corrected chi connectivity index (χ1v) is 9.20. The highest BCUT2D eigenvalue weighted by molar-refractivity contribution is 5.96. The van der Waals surface area contributed by atoms with Crippen molar-refractivity contribution in [1.82, 2.24) is 15.5 Å². The number of hydrogen-bond acceptors (Lipinski definition) is 4. The van der Waals surface area contributed by atoms with Crippen LogP contribution in [0.1, 0.15) is 28.8 Å². The van der Waals surface area contributed by atoms with Crippen molar-refractivity contribution < 1.29 is 14.3 Å². The van der Waals surface area contributed by atoms with Gasteiger partial charge in [0.15, 0.2) is 5.96 Å². The van der Waals surface area contributed by atoms with Gasteiger partial charge in [-0.25, -0.2) is 0 Å². The van der Waals surface area contributed by atoms with Crippen molar-refractivity contribution in [3.05, 3.63) is 35.4 Å². The maximum Gasteiger partial charge on any atom is 0.251 e. The van der Waals surface area contributed by atoms with Crippen LogP contribution in [-0.2, 0) is 16.1 Å². The lowest BCUT2D eigenvalue weighted by Crippen LogP contribution is -2.41. The SMILES string of the molecule is CN=C(NCc1ccc(C(=O)NCC(N)=O)cc1)N1CCC2(CCOC2)C1. The lowest BCUT2D eigenvalue weighted by molar-refractivity contribution is -0.117. The van der Waals surface area contributed by atoms with E-state index in [1.165, 1.54) is 0 Å². The Hall–Kier alpha value is -2.61. The molecular formula is C19H27N5O3. The number of primary amides is 1. The number of hydrogen-bond donors (Lipinski definition) is 3. The third-order valence-electron chi connectivity index (χ3n) is 5.22. The molecular weight excluding hydrogens is 346 g/mol. The van der Waals surface area contributed by atoms with Gasteiger partial charge in [-0.05, 0) is 30.5 Å². The molecule has 4 N–H and O–H groups in total. The van der Waals surface area contributed by atoms with Crippen molar-refractivity contribution in [1.29, 1.82) is 0 Å². The first kappa shape index (κ1) is 19.2. The van der Waals surface area contributed by atoms with Crippen molar-refractivity contribution in [3.63, 3.8) is 0 Å². The monoisotopic (exact) mass is 373 g/mol. The third kappa shape index (κ3) is 4.77. The van der Waals surface area contributed by atoms with E-state index in [0.29, 0.717) is 12.1 Å². The fourth-order valence-electron chi connectivity index (χ4n) is 3.64. The maximum absolute atomic E-state index is 11.9. The van der Waals surface area contributed by atoms with Gasteiger partial charge in [-0.15, -0.1) is 0 Å². The Labute approximate surface area is 159 Å². The molecule has 2 aliphatic rings. The zero-order valence-corrected chi connectivity index (χ0v) is 15.7. The second-order valence-electron chi connectivity index (χ2n) is 7.22. The average molecular weight is 373 g/mol. The normalized spacial score (nSPS) is 22.3. The molecule has 1 aromatic rings. The number of guanidine groups is 1. The van der Waals surface area contributed by atoms with E-state index in [4.69, 9.17) is 10.5 Å². The highest BCUT2D eigenvalue weighted by Gasteiger charge is 2.42. The van der Waals surface area contributed by atoms with Gasteiger partial charge >= 0.3 is 0 Å². The molecule has 0 saturated carbocycles. The molecule has 27 heavy (non-hydrogen) atoms. The lowest BCUT2D eigenvalue weighted by atomic mass is 9.87. The van der Waals surface area contributed by atoms with Crippen LogP contribution < -0.4 is 16.4 Å². The van der Waals surface area contributed by atoms with E-state index in [9.17, 15) is 9.59 Å². The van der Waals surface area contributed by atoms with E-state index in [1.54, 1.807) is 19.2 Å². The van der Waals surface area contributed by atoms with Crippen LogP contribution in [0.5, 0.6) is 0 Å². The number of nitrogens with zero attached hydrogens (tertiary/aromatic N) is 2. The van der Waals surface area contributed by atoms with Crippen LogP contribution in [0.2, 0.25) is 0 Å². The molecule has 0 bridgehead atoms. The summed E-state index contributed by atoms with van der Waals surface area (Å²) in [6, 6.07) is 7.24. The zero-order chi connectivity index (χ0) is 19.3.